The van der Waals surface area contributed by atoms with E-state index in [-0.39, 0.29) is 0 Å². The monoisotopic (exact) mass is 265 g/mol. The average Bonchev–Trinajstić information content (AvgIpc) is 2.37. The number of rotatable bonds is 8. The summed E-state index contributed by atoms with van der Waals surface area (Å²) < 4.78 is 5.26. The smallest absolute Gasteiger partial charge is 0.219 e. The van der Waals surface area contributed by atoms with Crippen LogP contribution < -0.4 is 10.1 Å². The first-order valence-corrected chi connectivity index (χ1v) is 7.16. The number of hydrogen-bond donors (Lipinski definition) is 1. The summed E-state index contributed by atoms with van der Waals surface area (Å²) in [6.07, 6.45) is 4.84. The van der Waals surface area contributed by atoms with Crippen LogP contribution >= 0.6 is 0 Å². The van der Waals surface area contributed by atoms with Crippen molar-refractivity contribution in [1.82, 2.24) is 15.3 Å². The van der Waals surface area contributed by atoms with Crippen LogP contribution in [0, 0.1) is 12.8 Å². The van der Waals surface area contributed by atoms with Crippen LogP contribution in [0.2, 0.25) is 0 Å². The molecule has 0 aliphatic carbocycles. The van der Waals surface area contributed by atoms with E-state index in [1.165, 1.54) is 0 Å². The van der Waals surface area contributed by atoms with E-state index in [4.69, 9.17) is 4.74 Å². The molecule has 0 aliphatic heterocycles. The molecule has 0 radical (unpaired) electrons. The van der Waals surface area contributed by atoms with Gasteiger partial charge in [0.15, 0.2) is 0 Å². The van der Waals surface area contributed by atoms with Crippen molar-refractivity contribution < 1.29 is 4.74 Å². The summed E-state index contributed by atoms with van der Waals surface area (Å²) in [5.41, 5.74) is 2.14. The van der Waals surface area contributed by atoms with Crippen LogP contribution in [0.5, 0.6) is 5.88 Å². The van der Waals surface area contributed by atoms with Gasteiger partial charge in [-0.1, -0.05) is 20.8 Å². The summed E-state index contributed by atoms with van der Waals surface area (Å²) in [4.78, 5) is 8.55. The third kappa shape index (κ3) is 5.15. The molecule has 0 amide bonds. The molecule has 1 atom stereocenters. The predicted octanol–water partition coefficient (Wildman–Crippen LogP) is 2.75. The highest BCUT2D eigenvalue weighted by Gasteiger charge is 2.15. The predicted molar refractivity (Wildman–Crippen MR) is 78.6 cm³/mol. The highest BCUT2D eigenvalue weighted by molar-refractivity contribution is 5.28. The van der Waals surface area contributed by atoms with Gasteiger partial charge >= 0.3 is 0 Å². The van der Waals surface area contributed by atoms with Crippen LogP contribution in [0.4, 0.5) is 0 Å². The van der Waals surface area contributed by atoms with Crippen LogP contribution in [-0.4, -0.2) is 29.7 Å². The fraction of sp³-hybridized carbons (Fsp3) is 0.733. The van der Waals surface area contributed by atoms with Crippen LogP contribution in [0.1, 0.15) is 44.9 Å². The standard InChI is InChI=1S/C15H27N3O/c1-6-7-16-13(8-11(2)3)9-14-12(4)15(19-5)18-10-17-14/h10-11,13,16H,6-9H2,1-5H3. The lowest BCUT2D eigenvalue weighted by Crippen LogP contribution is -2.33. The molecule has 0 saturated heterocycles. The van der Waals surface area contributed by atoms with Crippen LogP contribution in [0.3, 0.4) is 0 Å². The molecule has 1 unspecified atom stereocenters. The van der Waals surface area contributed by atoms with Gasteiger partial charge in [0.2, 0.25) is 5.88 Å². The zero-order valence-electron chi connectivity index (χ0n) is 12.9. The minimum absolute atomic E-state index is 0.471. The molecule has 0 aromatic carbocycles. The fourth-order valence-corrected chi connectivity index (χ4v) is 2.27. The molecule has 1 aromatic heterocycles. The molecule has 1 rings (SSSR count). The van der Waals surface area contributed by atoms with E-state index < -0.39 is 0 Å². The molecule has 0 fully saturated rings. The molecule has 0 saturated carbocycles. The van der Waals surface area contributed by atoms with E-state index in [0.29, 0.717) is 17.8 Å². The van der Waals surface area contributed by atoms with Gasteiger partial charge < -0.3 is 10.1 Å². The van der Waals surface area contributed by atoms with Crippen molar-refractivity contribution in [2.75, 3.05) is 13.7 Å². The Labute approximate surface area is 117 Å². The normalized spacial score (nSPS) is 12.7. The summed E-state index contributed by atoms with van der Waals surface area (Å²) in [5, 5.41) is 3.61. The van der Waals surface area contributed by atoms with Crippen molar-refractivity contribution in [3.05, 3.63) is 17.6 Å². The highest BCUT2D eigenvalue weighted by Crippen LogP contribution is 2.18. The van der Waals surface area contributed by atoms with Gasteiger partial charge in [0.05, 0.1) is 12.8 Å². The van der Waals surface area contributed by atoms with Crippen LogP contribution in [-0.2, 0) is 6.42 Å². The molecular formula is C15H27N3O. The highest BCUT2D eigenvalue weighted by atomic mass is 16.5. The van der Waals surface area contributed by atoms with Gasteiger partial charge in [-0.25, -0.2) is 9.97 Å². The molecule has 108 valence electrons. The molecule has 19 heavy (non-hydrogen) atoms. The lowest BCUT2D eigenvalue weighted by Gasteiger charge is -2.21. The van der Waals surface area contributed by atoms with Gasteiger partial charge in [0.25, 0.3) is 0 Å². The molecule has 0 aliphatic rings. The zero-order valence-corrected chi connectivity index (χ0v) is 12.9. The molecule has 1 N–H and O–H groups in total. The molecular weight excluding hydrogens is 238 g/mol. The molecule has 0 spiro atoms. The summed E-state index contributed by atoms with van der Waals surface area (Å²) in [6, 6.07) is 0.471. The van der Waals surface area contributed by atoms with E-state index in [1.807, 2.05) is 6.92 Å². The van der Waals surface area contributed by atoms with Crippen LogP contribution in [0.25, 0.3) is 0 Å². The number of hydrogen-bond acceptors (Lipinski definition) is 4. The molecule has 1 heterocycles. The average molecular weight is 265 g/mol. The minimum atomic E-state index is 0.471. The van der Waals surface area contributed by atoms with Crippen molar-refractivity contribution in [2.24, 2.45) is 5.92 Å². The Balaban J connectivity index is 2.77. The van der Waals surface area contributed by atoms with E-state index in [2.05, 4.69) is 36.1 Å². The Morgan fingerprint density at radius 1 is 1.32 bits per heavy atom. The molecule has 4 heteroatoms. The van der Waals surface area contributed by atoms with Gasteiger partial charge in [-0.15, -0.1) is 0 Å². The quantitative estimate of drug-likeness (QED) is 0.785. The second-order valence-corrected chi connectivity index (χ2v) is 5.44. The Bertz CT molecular complexity index is 380. The second kappa shape index (κ2) is 8.10. The number of ether oxygens (including phenoxy) is 1. The minimum Gasteiger partial charge on any atom is -0.481 e. The van der Waals surface area contributed by atoms with Gasteiger partial charge in [-0.3, -0.25) is 0 Å². The maximum Gasteiger partial charge on any atom is 0.219 e. The van der Waals surface area contributed by atoms with Crippen molar-refractivity contribution in [2.45, 2.75) is 53.0 Å². The number of nitrogens with one attached hydrogen (secondary N) is 1. The first-order valence-electron chi connectivity index (χ1n) is 7.16. The van der Waals surface area contributed by atoms with Crippen molar-refractivity contribution in [3.63, 3.8) is 0 Å². The largest absolute Gasteiger partial charge is 0.481 e. The first kappa shape index (κ1) is 15.9. The third-order valence-electron chi connectivity index (χ3n) is 3.21. The third-order valence-corrected chi connectivity index (χ3v) is 3.21. The van der Waals surface area contributed by atoms with Gasteiger partial charge in [0.1, 0.15) is 6.33 Å². The summed E-state index contributed by atoms with van der Waals surface area (Å²) in [6.45, 7) is 9.79. The fourth-order valence-electron chi connectivity index (χ4n) is 2.27. The van der Waals surface area contributed by atoms with E-state index in [0.717, 1.165) is 37.1 Å². The Morgan fingerprint density at radius 2 is 2.05 bits per heavy atom. The second-order valence-electron chi connectivity index (χ2n) is 5.44. The molecule has 0 bridgehead atoms. The SMILES string of the molecule is CCCNC(Cc1ncnc(OC)c1C)CC(C)C. The van der Waals surface area contributed by atoms with Gasteiger partial charge in [0, 0.05) is 18.0 Å². The van der Waals surface area contributed by atoms with Crippen molar-refractivity contribution >= 4 is 0 Å². The van der Waals surface area contributed by atoms with Crippen molar-refractivity contribution in [1.29, 1.82) is 0 Å². The summed E-state index contributed by atoms with van der Waals surface area (Å²) in [7, 11) is 1.65. The molecule has 4 nitrogen and oxygen atoms in total. The van der Waals surface area contributed by atoms with E-state index >= 15 is 0 Å². The zero-order chi connectivity index (χ0) is 14.3. The maximum absolute atomic E-state index is 5.26. The Morgan fingerprint density at radius 3 is 2.63 bits per heavy atom. The van der Waals surface area contributed by atoms with Crippen molar-refractivity contribution in [3.8, 4) is 5.88 Å². The Kier molecular flexibility index (Phi) is 6.78. The van der Waals surface area contributed by atoms with Gasteiger partial charge in [-0.05, 0) is 32.2 Å². The number of aromatic nitrogens is 2. The summed E-state index contributed by atoms with van der Waals surface area (Å²) in [5.74, 6) is 1.36. The topological polar surface area (TPSA) is 47.0 Å². The van der Waals surface area contributed by atoms with Crippen LogP contribution in [0.15, 0.2) is 6.33 Å². The number of nitrogens with zero attached hydrogens (tertiary/aromatic N) is 2. The number of methoxy groups -OCH3 is 1. The van der Waals surface area contributed by atoms with Gasteiger partial charge in [-0.2, -0.15) is 0 Å². The lowest BCUT2D eigenvalue weighted by molar-refractivity contribution is 0.387. The summed E-state index contributed by atoms with van der Waals surface area (Å²) >= 11 is 0. The lowest BCUT2D eigenvalue weighted by atomic mass is 9.98. The molecule has 1 aromatic rings. The van der Waals surface area contributed by atoms with E-state index in [1.54, 1.807) is 13.4 Å². The first-order chi connectivity index (χ1) is 9.08. The Hall–Kier alpha value is -1.16. The maximum atomic E-state index is 5.26. The van der Waals surface area contributed by atoms with E-state index in [9.17, 15) is 0 Å².